The number of fused-ring (bicyclic) bond motifs is 4. The zero-order valence-electron chi connectivity index (χ0n) is 29.5. The predicted molar refractivity (Wildman–Crippen MR) is 202 cm³/mol. The fourth-order valence-corrected chi connectivity index (χ4v) is 15.9. The van der Waals surface area contributed by atoms with Gasteiger partial charge in [0.1, 0.15) is 0 Å². The maximum Gasteiger partial charge on any atom is 0.0823 e. The summed E-state index contributed by atoms with van der Waals surface area (Å²) < 4.78 is 0. The van der Waals surface area contributed by atoms with Crippen molar-refractivity contribution < 1.29 is 0 Å². The largest absolute Gasteiger partial charge is 0.288 e. The number of hydrogen-bond donors (Lipinski definition) is 3. The molecule has 0 aromatic heterocycles. The maximum atomic E-state index is 4.36. The van der Waals surface area contributed by atoms with Crippen molar-refractivity contribution in [3.63, 3.8) is 0 Å². The number of allylic oxidation sites excluding steroid dienone is 13. The number of rotatable bonds is 5. The van der Waals surface area contributed by atoms with Crippen molar-refractivity contribution in [2.24, 2.45) is 41.4 Å². The van der Waals surface area contributed by atoms with Crippen molar-refractivity contribution in [1.82, 2.24) is 16.0 Å². The Labute approximate surface area is 292 Å². The van der Waals surface area contributed by atoms with Gasteiger partial charge in [0.05, 0.1) is 18.5 Å². The third-order valence-electron chi connectivity index (χ3n) is 14.6. The Balaban J connectivity index is 1.04. The van der Waals surface area contributed by atoms with Crippen LogP contribution in [0.2, 0.25) is 12.1 Å². The zero-order valence-corrected chi connectivity index (χ0v) is 30.5. The molecule has 0 aromatic carbocycles. The first-order valence-corrected chi connectivity index (χ1v) is 22.4. The van der Waals surface area contributed by atoms with E-state index in [0.717, 1.165) is 35.1 Å². The molecule has 11 unspecified atom stereocenters. The van der Waals surface area contributed by atoms with Crippen molar-refractivity contribution >= 4 is 8.80 Å². The first kappa shape index (κ1) is 32.0. The topological polar surface area (TPSA) is 36.1 Å². The van der Waals surface area contributed by atoms with Crippen molar-refractivity contribution in [2.75, 3.05) is 0 Å². The Hall–Kier alpha value is -1.98. The summed E-state index contributed by atoms with van der Waals surface area (Å²) >= 11 is 0. The molecule has 0 radical (unpaired) electrons. The van der Waals surface area contributed by atoms with Gasteiger partial charge in [0.15, 0.2) is 0 Å². The smallest absolute Gasteiger partial charge is 0.0823 e. The average Bonchev–Trinajstić information content (AvgIpc) is 3.46. The van der Waals surface area contributed by atoms with E-state index >= 15 is 0 Å². The molecule has 3 fully saturated rings. The van der Waals surface area contributed by atoms with Gasteiger partial charge in [0.25, 0.3) is 0 Å². The van der Waals surface area contributed by atoms with E-state index in [4.69, 9.17) is 0 Å². The molecule has 3 nitrogen and oxygen atoms in total. The first-order chi connectivity index (χ1) is 23.7. The van der Waals surface area contributed by atoms with Crippen molar-refractivity contribution in [2.45, 2.75) is 133 Å². The highest BCUT2D eigenvalue weighted by atomic mass is 28.3. The summed E-state index contributed by atoms with van der Waals surface area (Å²) in [5.41, 5.74) is 8.03. The van der Waals surface area contributed by atoms with Gasteiger partial charge in [-0.1, -0.05) is 96.4 Å². The van der Waals surface area contributed by atoms with E-state index in [0.29, 0.717) is 30.3 Å². The lowest BCUT2D eigenvalue weighted by Crippen LogP contribution is -2.70. The molecule has 9 aliphatic rings. The molecule has 2 heterocycles. The SMILES string of the molecule is C[Si-]1C2=C(C3NC(C4=C5CCCCC5C(C5C=CC=CC5)CC4)NC(C4C=CC(C5=CC=CCC5)CC4)N3)CCCC2C2C=CCCC21. The normalized spacial score (nSPS) is 42.5. The Morgan fingerprint density at radius 1 is 0.625 bits per heavy atom. The zero-order chi connectivity index (χ0) is 32.0. The molecule has 0 aromatic rings. The molecule has 9 rings (SSSR count). The Morgan fingerprint density at radius 3 is 2.35 bits per heavy atom. The summed E-state index contributed by atoms with van der Waals surface area (Å²) in [4.78, 5) is 0. The van der Waals surface area contributed by atoms with Crippen LogP contribution in [0.1, 0.15) is 103 Å². The van der Waals surface area contributed by atoms with Gasteiger partial charge in [0, 0.05) is 5.92 Å². The lowest BCUT2D eigenvalue weighted by Gasteiger charge is -2.49. The first-order valence-electron chi connectivity index (χ1n) is 20.3. The van der Waals surface area contributed by atoms with Gasteiger partial charge in [-0.15, -0.1) is 5.54 Å². The predicted octanol–water partition coefficient (Wildman–Crippen LogP) is 9.75. The molecule has 0 amide bonds. The van der Waals surface area contributed by atoms with Gasteiger partial charge in [-0.25, -0.2) is 5.20 Å². The summed E-state index contributed by atoms with van der Waals surface area (Å²) in [5.74, 6) is 5.15. The molecule has 4 heteroatoms. The Bertz CT molecular complexity index is 1470. The fraction of sp³-hybridized carbons (Fsp3) is 0.636. The molecule has 11 atom stereocenters. The van der Waals surface area contributed by atoms with Gasteiger partial charge < -0.3 is 0 Å². The van der Waals surface area contributed by atoms with Gasteiger partial charge in [-0.05, 0) is 131 Å². The van der Waals surface area contributed by atoms with Crippen LogP contribution >= 0.6 is 0 Å². The minimum Gasteiger partial charge on any atom is -0.288 e. The molecule has 3 N–H and O–H groups in total. The van der Waals surface area contributed by atoms with E-state index in [2.05, 4.69) is 89.3 Å². The second-order valence-electron chi connectivity index (χ2n) is 16.9. The minimum atomic E-state index is -0.513. The molecule has 2 aliphatic heterocycles. The van der Waals surface area contributed by atoms with Crippen LogP contribution in [0.5, 0.6) is 0 Å². The van der Waals surface area contributed by atoms with Crippen LogP contribution in [0.3, 0.4) is 0 Å². The molecule has 256 valence electrons. The molecular weight excluding hydrogens is 599 g/mol. The van der Waals surface area contributed by atoms with E-state index in [9.17, 15) is 0 Å². The van der Waals surface area contributed by atoms with Crippen LogP contribution < -0.4 is 16.0 Å². The minimum absolute atomic E-state index is 0.293. The van der Waals surface area contributed by atoms with Gasteiger partial charge >= 0.3 is 0 Å². The third kappa shape index (κ3) is 5.95. The van der Waals surface area contributed by atoms with Crippen LogP contribution in [0, 0.1) is 41.4 Å². The number of nitrogens with one attached hydrogen (secondary N) is 3. The molecule has 0 spiro atoms. The fourth-order valence-electron chi connectivity index (χ4n) is 12.3. The van der Waals surface area contributed by atoms with Crippen LogP contribution in [0.4, 0.5) is 0 Å². The summed E-state index contributed by atoms with van der Waals surface area (Å²) in [7, 11) is -0.513. The molecular formula is C44H60N3Si-. The monoisotopic (exact) mass is 658 g/mol. The van der Waals surface area contributed by atoms with E-state index in [-0.39, 0.29) is 0 Å². The molecule has 0 bridgehead atoms. The third-order valence-corrected chi connectivity index (χ3v) is 17.9. The molecule has 7 aliphatic carbocycles. The van der Waals surface area contributed by atoms with Crippen LogP contribution in [-0.2, 0) is 0 Å². The molecule has 1 saturated carbocycles. The van der Waals surface area contributed by atoms with Gasteiger partial charge in [-0.2, -0.15) is 6.55 Å². The van der Waals surface area contributed by atoms with Gasteiger partial charge in [0.2, 0.25) is 0 Å². The molecule has 2 saturated heterocycles. The second kappa shape index (κ2) is 14.0. The average molecular weight is 659 g/mol. The Morgan fingerprint density at radius 2 is 1.52 bits per heavy atom. The summed E-state index contributed by atoms with van der Waals surface area (Å²) in [6, 6.07) is 0. The van der Waals surface area contributed by atoms with E-state index in [1.807, 2.05) is 10.8 Å². The molecule has 48 heavy (non-hydrogen) atoms. The quantitative estimate of drug-likeness (QED) is 0.203. The number of hydrogen-bond acceptors (Lipinski definition) is 3. The highest BCUT2D eigenvalue weighted by Crippen LogP contribution is 2.55. The van der Waals surface area contributed by atoms with Crippen LogP contribution in [0.15, 0.2) is 94.3 Å². The highest BCUT2D eigenvalue weighted by Gasteiger charge is 2.44. The second-order valence-corrected chi connectivity index (χ2v) is 19.6. The lowest BCUT2D eigenvalue weighted by atomic mass is 9.63. The van der Waals surface area contributed by atoms with E-state index < -0.39 is 8.80 Å². The summed E-state index contributed by atoms with van der Waals surface area (Å²) in [6.07, 6.45) is 49.1. The van der Waals surface area contributed by atoms with Crippen LogP contribution in [0.25, 0.3) is 0 Å². The summed E-state index contributed by atoms with van der Waals surface area (Å²) in [6.45, 7) is 2.70. The highest BCUT2D eigenvalue weighted by molar-refractivity contribution is 6.68. The van der Waals surface area contributed by atoms with Crippen molar-refractivity contribution in [1.29, 1.82) is 0 Å². The van der Waals surface area contributed by atoms with Crippen molar-refractivity contribution in [3.05, 3.63) is 94.3 Å². The van der Waals surface area contributed by atoms with E-state index in [1.54, 1.807) is 16.7 Å². The maximum absolute atomic E-state index is 4.36. The van der Waals surface area contributed by atoms with Gasteiger partial charge in [-0.3, -0.25) is 24.7 Å². The summed E-state index contributed by atoms with van der Waals surface area (Å²) in [5, 5.41) is 14.9. The Kier molecular flexibility index (Phi) is 9.30. The van der Waals surface area contributed by atoms with Crippen molar-refractivity contribution in [3.8, 4) is 0 Å². The van der Waals surface area contributed by atoms with E-state index in [1.165, 1.54) is 103 Å². The lowest BCUT2D eigenvalue weighted by molar-refractivity contribution is 0.169. The van der Waals surface area contributed by atoms with Crippen LogP contribution in [-0.4, -0.2) is 27.3 Å². The standard InChI is InChI=1S/C44H60N3Si/c1-48-40-22-11-10-19-36(40)37-20-12-21-39(41(37)48)44-46-42(32-25-23-30(24-26-32)29-13-4-2-5-14-29)45-43(47-44)38-28-27-33(31-15-6-3-7-16-31)34-17-8-9-18-35(34)38/h2-4,6-7,10,13,15,19,23,25,30-34,36-37,40,42-47H,5,8-9,11-12,14,16-18,20-22,24,26-28H2,1H3/q-1.